The summed E-state index contributed by atoms with van der Waals surface area (Å²) < 4.78 is 0. The monoisotopic (exact) mass is 333 g/mol. The summed E-state index contributed by atoms with van der Waals surface area (Å²) in [4.78, 5) is 11.4. The van der Waals surface area contributed by atoms with Crippen LogP contribution in [0.25, 0.3) is 16.7 Å². The fourth-order valence-corrected chi connectivity index (χ4v) is 2.90. The summed E-state index contributed by atoms with van der Waals surface area (Å²) in [6.07, 6.45) is 3.14. The van der Waals surface area contributed by atoms with Crippen molar-refractivity contribution in [3.8, 4) is 11.1 Å². The van der Waals surface area contributed by atoms with E-state index in [1.165, 1.54) is 11.6 Å². The average Bonchev–Trinajstić information content (AvgIpc) is 2.57. The summed E-state index contributed by atoms with van der Waals surface area (Å²) in [5.41, 5.74) is 5.06. The highest BCUT2D eigenvalue weighted by atomic mass is 32.1. The number of rotatable bonds is 3. The van der Waals surface area contributed by atoms with Crippen molar-refractivity contribution < 1.29 is 9.90 Å². The highest BCUT2D eigenvalue weighted by molar-refractivity contribution is 7.82. The largest absolute Gasteiger partial charge is 0.478 e. The van der Waals surface area contributed by atoms with Crippen molar-refractivity contribution in [2.24, 2.45) is 0 Å². The van der Waals surface area contributed by atoms with E-state index in [0.29, 0.717) is 5.57 Å². The van der Waals surface area contributed by atoms with Gasteiger partial charge in [-0.1, -0.05) is 60.7 Å². The molecule has 0 atom stereocenters. The summed E-state index contributed by atoms with van der Waals surface area (Å²) in [6.45, 7) is 2.07. The molecule has 4 heteroatoms. The van der Waals surface area contributed by atoms with Gasteiger partial charge in [-0.3, -0.25) is 5.41 Å². The Morgan fingerprint density at radius 1 is 1.00 bits per heavy atom. The van der Waals surface area contributed by atoms with Gasteiger partial charge < -0.3 is 5.11 Å². The Morgan fingerprint density at radius 3 is 2.25 bits per heavy atom. The van der Waals surface area contributed by atoms with Crippen molar-refractivity contribution >= 4 is 34.3 Å². The van der Waals surface area contributed by atoms with Crippen LogP contribution in [0.4, 0.5) is 0 Å². The number of carboxylic acid groups (broad SMARTS) is 1. The first kappa shape index (κ1) is 16.0. The zero-order valence-electron chi connectivity index (χ0n) is 13.0. The molecule has 0 radical (unpaired) electrons. The number of carbonyl (C=O) groups is 1. The van der Waals surface area contributed by atoms with Gasteiger partial charge >= 0.3 is 5.97 Å². The van der Waals surface area contributed by atoms with E-state index in [1.807, 2.05) is 36.4 Å². The van der Waals surface area contributed by atoms with Gasteiger partial charge in [0.25, 0.3) is 0 Å². The minimum absolute atomic E-state index is 0.00418. The standard InChI is InChI=1S/C20H15NO2S/c1-12-4-2-3-5-16(12)14-8-6-13(7-9-14)15-10-17(20(22)23)19(24)18(21)11-15/h2-11,21H,1H3,(H,22,23). The van der Waals surface area contributed by atoms with Crippen molar-refractivity contribution in [1.29, 1.82) is 5.41 Å². The van der Waals surface area contributed by atoms with E-state index < -0.39 is 5.97 Å². The maximum Gasteiger partial charge on any atom is 0.337 e. The first-order chi connectivity index (χ1) is 11.5. The number of benzene rings is 2. The maximum absolute atomic E-state index is 11.3. The average molecular weight is 333 g/mol. The van der Waals surface area contributed by atoms with Crippen molar-refractivity contribution in [2.75, 3.05) is 0 Å². The number of allylic oxidation sites excluding steroid dienone is 3. The molecular weight excluding hydrogens is 318 g/mol. The minimum atomic E-state index is -1.10. The van der Waals surface area contributed by atoms with Crippen LogP contribution in [0.5, 0.6) is 0 Å². The van der Waals surface area contributed by atoms with E-state index >= 15 is 0 Å². The second-order valence-electron chi connectivity index (χ2n) is 5.60. The maximum atomic E-state index is 11.3. The van der Waals surface area contributed by atoms with Crippen LogP contribution in [-0.2, 0) is 4.79 Å². The molecule has 1 aliphatic rings. The van der Waals surface area contributed by atoms with Crippen molar-refractivity contribution in [1.82, 2.24) is 0 Å². The van der Waals surface area contributed by atoms with Gasteiger partial charge in [-0.05, 0) is 46.9 Å². The Balaban J connectivity index is 1.98. The molecule has 0 saturated carbocycles. The van der Waals surface area contributed by atoms with Gasteiger partial charge in [0, 0.05) is 0 Å². The number of aryl methyl sites for hydroxylation is 1. The smallest absolute Gasteiger partial charge is 0.337 e. The van der Waals surface area contributed by atoms with E-state index in [2.05, 4.69) is 19.1 Å². The van der Waals surface area contributed by atoms with E-state index in [9.17, 15) is 9.90 Å². The van der Waals surface area contributed by atoms with Crippen LogP contribution in [-0.4, -0.2) is 21.7 Å². The summed E-state index contributed by atoms with van der Waals surface area (Å²) in [5, 5.41) is 17.1. The molecule has 0 bridgehead atoms. The van der Waals surface area contributed by atoms with Gasteiger partial charge in [0.1, 0.15) is 0 Å². The third kappa shape index (κ3) is 2.96. The Labute approximate surface area is 145 Å². The number of hydrogen-bond donors (Lipinski definition) is 2. The molecule has 2 aromatic rings. The molecule has 2 aromatic carbocycles. The molecule has 0 fully saturated rings. The molecule has 1 aliphatic carbocycles. The number of aliphatic carboxylic acids is 1. The lowest BCUT2D eigenvalue weighted by molar-refractivity contribution is -0.132. The molecule has 3 rings (SSSR count). The van der Waals surface area contributed by atoms with Crippen molar-refractivity contribution in [3.63, 3.8) is 0 Å². The molecule has 0 aromatic heterocycles. The van der Waals surface area contributed by atoms with Gasteiger partial charge in [-0.2, -0.15) is 0 Å². The second-order valence-corrected chi connectivity index (χ2v) is 6.01. The lowest BCUT2D eigenvalue weighted by Crippen LogP contribution is -2.20. The molecule has 0 saturated heterocycles. The Kier molecular flexibility index (Phi) is 4.23. The molecule has 3 nitrogen and oxygen atoms in total. The lowest BCUT2D eigenvalue weighted by atomic mass is 9.92. The Morgan fingerprint density at radius 2 is 1.62 bits per heavy atom. The topological polar surface area (TPSA) is 61.2 Å². The molecule has 0 unspecified atom stereocenters. The highest BCUT2D eigenvalue weighted by Crippen LogP contribution is 2.27. The van der Waals surface area contributed by atoms with Gasteiger partial charge in [-0.25, -0.2) is 4.79 Å². The SMILES string of the molecule is Cc1ccccc1-c1ccc(C2=CC(=N)C(=S)C(C(=O)O)=C2)cc1. The molecule has 0 amide bonds. The van der Waals surface area contributed by atoms with Crippen molar-refractivity contribution in [3.05, 3.63) is 77.4 Å². The van der Waals surface area contributed by atoms with Gasteiger partial charge in [0.2, 0.25) is 0 Å². The predicted octanol–water partition coefficient (Wildman–Crippen LogP) is 4.46. The van der Waals surface area contributed by atoms with Crippen LogP contribution in [0.3, 0.4) is 0 Å². The quantitative estimate of drug-likeness (QED) is 0.815. The van der Waals surface area contributed by atoms with Crippen LogP contribution in [0.2, 0.25) is 0 Å². The van der Waals surface area contributed by atoms with Crippen LogP contribution in [0, 0.1) is 12.3 Å². The number of hydrogen-bond acceptors (Lipinski definition) is 3. The third-order valence-electron chi connectivity index (χ3n) is 3.99. The Bertz CT molecular complexity index is 921. The van der Waals surface area contributed by atoms with E-state index in [4.69, 9.17) is 17.6 Å². The second kappa shape index (κ2) is 6.34. The fraction of sp³-hybridized carbons (Fsp3) is 0.0500. The predicted molar refractivity (Wildman–Crippen MR) is 101 cm³/mol. The Hall–Kier alpha value is -2.85. The summed E-state index contributed by atoms with van der Waals surface area (Å²) >= 11 is 5.01. The summed E-state index contributed by atoms with van der Waals surface area (Å²) in [7, 11) is 0. The first-order valence-corrected chi connectivity index (χ1v) is 7.84. The fourth-order valence-electron chi connectivity index (χ4n) is 2.69. The molecule has 0 aliphatic heterocycles. The molecular formula is C20H15NO2S. The molecule has 0 heterocycles. The summed E-state index contributed by atoms with van der Waals surface area (Å²) in [6, 6.07) is 16.0. The van der Waals surface area contributed by atoms with Crippen LogP contribution < -0.4 is 0 Å². The molecule has 0 spiro atoms. The summed E-state index contributed by atoms with van der Waals surface area (Å²) in [5.74, 6) is -1.10. The van der Waals surface area contributed by atoms with E-state index in [0.717, 1.165) is 16.7 Å². The van der Waals surface area contributed by atoms with E-state index in [-0.39, 0.29) is 16.1 Å². The van der Waals surface area contributed by atoms with Crippen LogP contribution >= 0.6 is 12.2 Å². The number of nitrogens with one attached hydrogen (secondary N) is 1. The minimum Gasteiger partial charge on any atom is -0.478 e. The molecule has 24 heavy (non-hydrogen) atoms. The number of carboxylic acids is 1. The van der Waals surface area contributed by atoms with Crippen LogP contribution in [0.1, 0.15) is 11.1 Å². The zero-order chi connectivity index (χ0) is 17.3. The number of thiocarbonyl (C=S) groups is 1. The zero-order valence-corrected chi connectivity index (χ0v) is 13.9. The van der Waals surface area contributed by atoms with Gasteiger partial charge in [0.15, 0.2) is 0 Å². The normalized spacial score (nSPS) is 14.2. The van der Waals surface area contributed by atoms with Crippen molar-refractivity contribution in [2.45, 2.75) is 6.92 Å². The van der Waals surface area contributed by atoms with Gasteiger partial charge in [0.05, 0.1) is 16.1 Å². The third-order valence-corrected chi connectivity index (χ3v) is 4.43. The van der Waals surface area contributed by atoms with E-state index in [1.54, 1.807) is 6.08 Å². The lowest BCUT2D eigenvalue weighted by Gasteiger charge is -2.14. The highest BCUT2D eigenvalue weighted by Gasteiger charge is 2.21. The van der Waals surface area contributed by atoms with Crippen LogP contribution in [0.15, 0.2) is 66.3 Å². The molecule has 2 N–H and O–H groups in total. The molecule has 118 valence electrons. The first-order valence-electron chi connectivity index (χ1n) is 7.44. The van der Waals surface area contributed by atoms with Gasteiger partial charge in [-0.15, -0.1) is 0 Å².